The number of aromatic nitrogens is 2. The number of likely N-dealkylation sites (N-methyl/N-ethyl adjacent to an activating group) is 2. The van der Waals surface area contributed by atoms with Crippen molar-refractivity contribution in [2.24, 2.45) is 0 Å². The first-order valence-electron chi connectivity index (χ1n) is 7.90. The molecule has 24 heavy (non-hydrogen) atoms. The predicted octanol–water partition coefficient (Wildman–Crippen LogP) is 1.13. The fourth-order valence-corrected chi connectivity index (χ4v) is 2.82. The number of H-pyrrole nitrogens is 1. The van der Waals surface area contributed by atoms with Crippen LogP contribution in [-0.2, 0) is 0 Å². The van der Waals surface area contributed by atoms with Gasteiger partial charge in [-0.3, -0.25) is 9.59 Å². The number of para-hydroxylation sites is 2. The summed E-state index contributed by atoms with van der Waals surface area (Å²) >= 11 is 0. The zero-order chi connectivity index (χ0) is 17.1. The van der Waals surface area contributed by atoms with Crippen molar-refractivity contribution in [3.05, 3.63) is 52.4 Å². The van der Waals surface area contributed by atoms with Gasteiger partial charge in [-0.2, -0.15) is 5.10 Å². The van der Waals surface area contributed by atoms with E-state index in [2.05, 4.69) is 22.0 Å². The van der Waals surface area contributed by atoms with Crippen LogP contribution in [0.4, 0.5) is 5.69 Å². The molecule has 1 aromatic carbocycles. The van der Waals surface area contributed by atoms with E-state index in [1.54, 1.807) is 11.9 Å². The molecule has 1 atom stereocenters. The van der Waals surface area contributed by atoms with Gasteiger partial charge in [0.15, 0.2) is 0 Å². The number of aromatic amines is 1. The van der Waals surface area contributed by atoms with E-state index in [0.717, 1.165) is 18.0 Å². The lowest BCUT2D eigenvalue weighted by atomic mass is 10.1. The molecule has 3 rings (SSSR count). The first-order valence-corrected chi connectivity index (χ1v) is 7.90. The van der Waals surface area contributed by atoms with Crippen LogP contribution in [-0.4, -0.2) is 53.8 Å². The van der Waals surface area contributed by atoms with Crippen LogP contribution in [0, 0.1) is 0 Å². The molecule has 0 saturated heterocycles. The quantitative estimate of drug-likeness (QED) is 0.910. The number of anilines is 1. The Morgan fingerprint density at radius 1 is 1.38 bits per heavy atom. The lowest BCUT2D eigenvalue weighted by molar-refractivity contribution is 0.0702. The molecule has 0 bridgehead atoms. The zero-order valence-electron chi connectivity index (χ0n) is 13.7. The molecule has 2 heterocycles. The second kappa shape index (κ2) is 6.74. The Morgan fingerprint density at radius 3 is 2.88 bits per heavy atom. The van der Waals surface area contributed by atoms with Gasteiger partial charge in [-0.05, 0) is 25.1 Å². The summed E-state index contributed by atoms with van der Waals surface area (Å²) < 4.78 is 6.03. The Hall–Kier alpha value is -2.83. The summed E-state index contributed by atoms with van der Waals surface area (Å²) in [5.41, 5.74) is 0.952. The highest BCUT2D eigenvalue weighted by Crippen LogP contribution is 2.32. The first-order chi connectivity index (χ1) is 11.6. The standard InChI is InChI=1S/C17H20N4O3/c1-3-21-11-12(24-15-7-5-4-6-14(15)21)10-20(2)17(23)13-8-9-16(22)19-18-13/h4-9,12H,3,10-11H2,1-2H3,(H,19,22). The minimum absolute atomic E-state index is 0.128. The van der Waals surface area contributed by atoms with Gasteiger partial charge in [0.1, 0.15) is 17.5 Å². The molecule has 0 radical (unpaired) electrons. The molecule has 7 heteroatoms. The Balaban J connectivity index is 1.71. The lowest BCUT2D eigenvalue weighted by Gasteiger charge is -2.37. The summed E-state index contributed by atoms with van der Waals surface area (Å²) in [5, 5.41) is 6.06. The summed E-state index contributed by atoms with van der Waals surface area (Å²) in [7, 11) is 1.70. The minimum atomic E-state index is -0.333. The van der Waals surface area contributed by atoms with Gasteiger partial charge < -0.3 is 14.5 Å². The molecule has 1 aromatic heterocycles. The van der Waals surface area contributed by atoms with E-state index in [-0.39, 0.29) is 23.3 Å². The van der Waals surface area contributed by atoms with Crippen molar-refractivity contribution in [1.29, 1.82) is 0 Å². The van der Waals surface area contributed by atoms with E-state index in [1.165, 1.54) is 12.1 Å². The van der Waals surface area contributed by atoms with Crippen LogP contribution in [0.1, 0.15) is 17.4 Å². The predicted molar refractivity (Wildman–Crippen MR) is 90.6 cm³/mol. The number of amides is 1. The van der Waals surface area contributed by atoms with Crippen LogP contribution < -0.4 is 15.2 Å². The van der Waals surface area contributed by atoms with E-state index in [1.807, 2.05) is 24.3 Å². The van der Waals surface area contributed by atoms with Crippen molar-refractivity contribution in [2.45, 2.75) is 13.0 Å². The summed E-state index contributed by atoms with van der Waals surface area (Å²) in [6, 6.07) is 10.6. The number of hydrogen-bond donors (Lipinski definition) is 1. The summed E-state index contributed by atoms with van der Waals surface area (Å²) in [4.78, 5) is 27.2. The highest BCUT2D eigenvalue weighted by atomic mass is 16.5. The number of rotatable bonds is 4. The maximum Gasteiger partial charge on any atom is 0.274 e. The number of nitrogens with one attached hydrogen (secondary N) is 1. The van der Waals surface area contributed by atoms with Crippen molar-refractivity contribution in [2.75, 3.05) is 31.6 Å². The molecule has 1 aliphatic heterocycles. The van der Waals surface area contributed by atoms with E-state index in [9.17, 15) is 9.59 Å². The van der Waals surface area contributed by atoms with Gasteiger partial charge in [-0.15, -0.1) is 0 Å². The molecule has 1 unspecified atom stereocenters. The molecular formula is C17H20N4O3. The third-order valence-electron chi connectivity index (χ3n) is 4.03. The second-order valence-corrected chi connectivity index (χ2v) is 5.74. The normalized spacial score (nSPS) is 16.2. The number of benzene rings is 1. The van der Waals surface area contributed by atoms with E-state index in [0.29, 0.717) is 13.1 Å². The van der Waals surface area contributed by atoms with Crippen LogP contribution in [0.5, 0.6) is 5.75 Å². The van der Waals surface area contributed by atoms with Crippen molar-refractivity contribution < 1.29 is 9.53 Å². The monoisotopic (exact) mass is 328 g/mol. The van der Waals surface area contributed by atoms with Crippen LogP contribution in [0.15, 0.2) is 41.2 Å². The number of carbonyl (C=O) groups excluding carboxylic acids is 1. The number of hydrogen-bond acceptors (Lipinski definition) is 5. The zero-order valence-corrected chi connectivity index (χ0v) is 13.7. The van der Waals surface area contributed by atoms with Crippen LogP contribution >= 0.6 is 0 Å². The van der Waals surface area contributed by atoms with E-state index >= 15 is 0 Å². The molecule has 0 saturated carbocycles. The summed E-state index contributed by atoms with van der Waals surface area (Å²) in [6.07, 6.45) is -0.128. The van der Waals surface area contributed by atoms with Gasteiger partial charge in [0.2, 0.25) is 0 Å². The van der Waals surface area contributed by atoms with Gasteiger partial charge in [-0.25, -0.2) is 5.10 Å². The molecule has 1 N–H and O–H groups in total. The lowest BCUT2D eigenvalue weighted by Crippen LogP contribution is -2.47. The largest absolute Gasteiger partial charge is 0.485 e. The Kier molecular flexibility index (Phi) is 4.50. The van der Waals surface area contributed by atoms with Crippen molar-refractivity contribution in [3.8, 4) is 5.75 Å². The van der Waals surface area contributed by atoms with E-state index < -0.39 is 0 Å². The third kappa shape index (κ3) is 3.24. The molecular weight excluding hydrogens is 308 g/mol. The average molecular weight is 328 g/mol. The van der Waals surface area contributed by atoms with Crippen LogP contribution in [0.25, 0.3) is 0 Å². The number of fused-ring (bicyclic) bond motifs is 1. The topological polar surface area (TPSA) is 78.5 Å². The van der Waals surface area contributed by atoms with Crippen molar-refractivity contribution >= 4 is 11.6 Å². The SMILES string of the molecule is CCN1CC(CN(C)C(=O)c2ccc(=O)[nH]n2)Oc2ccccc21. The molecule has 0 aliphatic carbocycles. The molecule has 126 valence electrons. The second-order valence-electron chi connectivity index (χ2n) is 5.74. The number of ether oxygens (including phenoxy) is 1. The molecule has 0 fully saturated rings. The molecule has 7 nitrogen and oxygen atoms in total. The maximum absolute atomic E-state index is 12.4. The fourth-order valence-electron chi connectivity index (χ4n) is 2.82. The van der Waals surface area contributed by atoms with Gasteiger partial charge >= 0.3 is 0 Å². The summed E-state index contributed by atoms with van der Waals surface area (Å²) in [5.74, 6) is 0.579. The van der Waals surface area contributed by atoms with Crippen LogP contribution in [0.2, 0.25) is 0 Å². The number of nitrogens with zero attached hydrogens (tertiary/aromatic N) is 3. The molecule has 1 amide bonds. The third-order valence-corrected chi connectivity index (χ3v) is 4.03. The molecule has 0 spiro atoms. The fraction of sp³-hybridized carbons (Fsp3) is 0.353. The van der Waals surface area contributed by atoms with Gasteiger partial charge in [0, 0.05) is 19.7 Å². The molecule has 1 aliphatic rings. The van der Waals surface area contributed by atoms with Gasteiger partial charge in [0.05, 0.1) is 18.8 Å². The van der Waals surface area contributed by atoms with Gasteiger partial charge in [-0.1, -0.05) is 12.1 Å². The van der Waals surface area contributed by atoms with Crippen molar-refractivity contribution in [1.82, 2.24) is 15.1 Å². The Morgan fingerprint density at radius 2 is 2.17 bits per heavy atom. The maximum atomic E-state index is 12.4. The Bertz CT molecular complexity index is 769. The van der Waals surface area contributed by atoms with Crippen molar-refractivity contribution in [3.63, 3.8) is 0 Å². The van der Waals surface area contributed by atoms with Crippen LogP contribution in [0.3, 0.4) is 0 Å². The minimum Gasteiger partial charge on any atom is -0.485 e. The molecule has 2 aromatic rings. The highest BCUT2D eigenvalue weighted by Gasteiger charge is 2.27. The van der Waals surface area contributed by atoms with Gasteiger partial charge in [0.25, 0.3) is 11.5 Å². The summed E-state index contributed by atoms with van der Waals surface area (Å²) in [6.45, 7) is 4.11. The van der Waals surface area contributed by atoms with E-state index in [4.69, 9.17) is 4.74 Å². The first kappa shape index (κ1) is 16.0. The average Bonchev–Trinajstić information content (AvgIpc) is 2.61. The smallest absolute Gasteiger partial charge is 0.274 e. The number of carbonyl (C=O) groups is 1. The Labute approximate surface area is 139 Å². The highest BCUT2D eigenvalue weighted by molar-refractivity contribution is 5.91.